The topological polar surface area (TPSA) is 41.6 Å². The molecule has 4 aliphatic carbocycles. The Morgan fingerprint density at radius 1 is 1.20 bits per heavy atom. The molecule has 0 atom stereocenters. The first-order valence-corrected chi connectivity index (χ1v) is 8.10. The Morgan fingerprint density at radius 3 is 2.20 bits per heavy atom. The highest BCUT2D eigenvalue weighted by Gasteiger charge is 2.53. The minimum absolute atomic E-state index is 0.240. The number of hydrogen-bond donors (Lipinski definition) is 0. The molecule has 0 spiro atoms. The molecular weight excluding hydrogens is 246 g/mol. The van der Waals surface area contributed by atoms with Crippen LogP contribution in [-0.2, 0) is 5.54 Å². The number of nitriles is 1. The van der Waals surface area contributed by atoms with E-state index in [-0.39, 0.29) is 5.54 Å². The van der Waals surface area contributed by atoms with Crippen LogP contribution in [0.1, 0.15) is 69.7 Å². The fourth-order valence-electron chi connectivity index (χ4n) is 5.57. The lowest BCUT2D eigenvalue weighted by atomic mass is 9.53. The minimum Gasteiger partial charge on any atom is -0.262 e. The molecule has 1 heterocycles. The van der Waals surface area contributed by atoms with Gasteiger partial charge in [0.1, 0.15) is 6.07 Å². The van der Waals surface area contributed by atoms with Crippen LogP contribution in [0.5, 0.6) is 0 Å². The monoisotopic (exact) mass is 269 g/mol. The van der Waals surface area contributed by atoms with Gasteiger partial charge in [0.25, 0.3) is 0 Å². The van der Waals surface area contributed by atoms with Crippen LogP contribution in [0.15, 0.2) is 6.07 Å². The Labute approximate surface area is 121 Å². The van der Waals surface area contributed by atoms with E-state index in [0.717, 1.165) is 17.8 Å². The molecule has 3 heteroatoms. The summed E-state index contributed by atoms with van der Waals surface area (Å²) in [6.45, 7) is 4.43. The Kier molecular flexibility index (Phi) is 2.55. The van der Waals surface area contributed by atoms with E-state index in [1.54, 1.807) is 0 Å². The molecule has 0 unspecified atom stereocenters. The van der Waals surface area contributed by atoms with E-state index < -0.39 is 0 Å². The maximum atomic E-state index is 9.21. The molecule has 106 valence electrons. The minimum atomic E-state index is 0.240. The lowest BCUT2D eigenvalue weighted by molar-refractivity contribution is -0.0511. The van der Waals surface area contributed by atoms with E-state index in [9.17, 15) is 5.26 Å². The zero-order valence-electron chi connectivity index (χ0n) is 12.5. The molecule has 5 rings (SSSR count). The second-order valence-electron chi connectivity index (χ2n) is 7.77. The van der Waals surface area contributed by atoms with Gasteiger partial charge in [-0.1, -0.05) is 13.8 Å². The summed E-state index contributed by atoms with van der Waals surface area (Å²) in [5, 5.41) is 13.9. The molecule has 20 heavy (non-hydrogen) atoms. The Morgan fingerprint density at radius 2 is 1.75 bits per heavy atom. The lowest BCUT2D eigenvalue weighted by Crippen LogP contribution is -2.52. The molecule has 4 fully saturated rings. The van der Waals surface area contributed by atoms with Crippen molar-refractivity contribution < 1.29 is 0 Å². The number of rotatable bonds is 2. The van der Waals surface area contributed by atoms with E-state index in [1.807, 2.05) is 6.07 Å². The van der Waals surface area contributed by atoms with Gasteiger partial charge in [-0.15, -0.1) is 0 Å². The van der Waals surface area contributed by atoms with Crippen molar-refractivity contribution in [1.29, 1.82) is 5.26 Å². The van der Waals surface area contributed by atoms with Gasteiger partial charge < -0.3 is 0 Å². The third kappa shape index (κ3) is 1.67. The third-order valence-electron chi connectivity index (χ3n) is 5.90. The summed E-state index contributed by atoms with van der Waals surface area (Å²) in [4.78, 5) is 0. The van der Waals surface area contributed by atoms with Gasteiger partial charge in [0.05, 0.1) is 5.54 Å². The Bertz CT molecular complexity index is 540. The highest BCUT2D eigenvalue weighted by atomic mass is 15.3. The van der Waals surface area contributed by atoms with Crippen molar-refractivity contribution in [3.05, 3.63) is 17.5 Å². The van der Waals surface area contributed by atoms with Crippen molar-refractivity contribution in [2.45, 2.75) is 63.8 Å². The molecule has 0 amide bonds. The van der Waals surface area contributed by atoms with Crippen molar-refractivity contribution in [3.8, 4) is 6.07 Å². The van der Waals surface area contributed by atoms with Crippen LogP contribution in [0.4, 0.5) is 0 Å². The zero-order chi connectivity index (χ0) is 13.9. The summed E-state index contributed by atoms with van der Waals surface area (Å²) >= 11 is 0. The molecule has 1 aromatic heterocycles. The smallest absolute Gasteiger partial charge is 0.162 e. The molecule has 0 saturated heterocycles. The molecule has 4 saturated carbocycles. The van der Waals surface area contributed by atoms with Gasteiger partial charge in [-0.3, -0.25) is 4.68 Å². The van der Waals surface area contributed by atoms with Crippen LogP contribution in [-0.4, -0.2) is 9.78 Å². The van der Waals surface area contributed by atoms with E-state index in [0.29, 0.717) is 11.6 Å². The van der Waals surface area contributed by atoms with E-state index in [2.05, 4.69) is 24.6 Å². The quantitative estimate of drug-likeness (QED) is 0.819. The molecule has 4 aliphatic rings. The standard InChI is InChI=1S/C17H23N3/c1-11(2)16-6-15(10-18)19-20(16)17-7-12-3-13(8-17)5-14(4-12)9-17/h6,11-14H,3-5,7-9H2,1-2H3. The summed E-state index contributed by atoms with van der Waals surface area (Å²) < 4.78 is 2.29. The highest BCUT2D eigenvalue weighted by Crippen LogP contribution is 2.59. The zero-order valence-corrected chi connectivity index (χ0v) is 12.5. The van der Waals surface area contributed by atoms with E-state index in [4.69, 9.17) is 5.10 Å². The van der Waals surface area contributed by atoms with Gasteiger partial charge in [0.15, 0.2) is 5.69 Å². The molecular formula is C17H23N3. The second-order valence-corrected chi connectivity index (χ2v) is 7.77. The summed E-state index contributed by atoms with van der Waals surface area (Å²) in [6.07, 6.45) is 8.23. The predicted octanol–water partition coefficient (Wildman–Crippen LogP) is 3.80. The normalized spacial score (nSPS) is 38.4. The Hall–Kier alpha value is -1.30. The van der Waals surface area contributed by atoms with Crippen LogP contribution in [0.25, 0.3) is 0 Å². The fraction of sp³-hybridized carbons (Fsp3) is 0.765. The number of nitrogens with zero attached hydrogens (tertiary/aromatic N) is 3. The SMILES string of the molecule is CC(C)c1cc(C#N)nn1C12CC3CC(CC(C3)C1)C2. The second kappa shape index (κ2) is 4.10. The summed E-state index contributed by atoms with van der Waals surface area (Å²) in [7, 11) is 0. The predicted molar refractivity (Wildman–Crippen MR) is 77.2 cm³/mol. The lowest BCUT2D eigenvalue weighted by Gasteiger charge is -2.57. The highest BCUT2D eigenvalue weighted by molar-refractivity contribution is 5.26. The third-order valence-corrected chi connectivity index (χ3v) is 5.90. The van der Waals surface area contributed by atoms with Crippen molar-refractivity contribution >= 4 is 0 Å². The van der Waals surface area contributed by atoms with Gasteiger partial charge in [0.2, 0.25) is 0 Å². The van der Waals surface area contributed by atoms with Crippen LogP contribution < -0.4 is 0 Å². The van der Waals surface area contributed by atoms with E-state index in [1.165, 1.54) is 44.2 Å². The van der Waals surface area contributed by atoms with Crippen molar-refractivity contribution in [2.24, 2.45) is 17.8 Å². The summed E-state index contributed by atoms with van der Waals surface area (Å²) in [5.74, 6) is 3.18. The number of hydrogen-bond acceptors (Lipinski definition) is 2. The molecule has 0 radical (unpaired) electrons. The van der Waals surface area contributed by atoms with Gasteiger partial charge in [-0.05, 0) is 68.3 Å². The van der Waals surface area contributed by atoms with E-state index >= 15 is 0 Å². The van der Waals surface area contributed by atoms with Crippen LogP contribution >= 0.6 is 0 Å². The Balaban J connectivity index is 1.81. The number of aromatic nitrogens is 2. The van der Waals surface area contributed by atoms with Crippen molar-refractivity contribution in [3.63, 3.8) is 0 Å². The molecule has 3 nitrogen and oxygen atoms in total. The largest absolute Gasteiger partial charge is 0.262 e. The molecule has 0 aromatic carbocycles. The van der Waals surface area contributed by atoms with Crippen LogP contribution in [0.3, 0.4) is 0 Å². The van der Waals surface area contributed by atoms with Crippen molar-refractivity contribution in [1.82, 2.24) is 9.78 Å². The first kappa shape index (κ1) is 12.4. The summed E-state index contributed by atoms with van der Waals surface area (Å²) in [6, 6.07) is 4.26. The van der Waals surface area contributed by atoms with Crippen molar-refractivity contribution in [2.75, 3.05) is 0 Å². The van der Waals surface area contributed by atoms with Gasteiger partial charge in [-0.2, -0.15) is 10.4 Å². The first-order chi connectivity index (χ1) is 9.59. The molecule has 0 aliphatic heterocycles. The molecule has 0 N–H and O–H groups in total. The fourth-order valence-corrected chi connectivity index (χ4v) is 5.57. The van der Waals surface area contributed by atoms with Gasteiger partial charge >= 0.3 is 0 Å². The molecule has 4 bridgehead atoms. The average Bonchev–Trinajstić information content (AvgIpc) is 2.82. The maximum absolute atomic E-state index is 9.21. The molecule has 1 aromatic rings. The van der Waals surface area contributed by atoms with Crippen LogP contribution in [0, 0.1) is 29.1 Å². The van der Waals surface area contributed by atoms with Gasteiger partial charge in [-0.25, -0.2) is 0 Å². The van der Waals surface area contributed by atoms with Gasteiger partial charge in [0, 0.05) is 5.69 Å². The maximum Gasteiger partial charge on any atom is 0.162 e. The summed E-state index contributed by atoms with van der Waals surface area (Å²) in [5.41, 5.74) is 2.11. The first-order valence-electron chi connectivity index (χ1n) is 8.10. The average molecular weight is 269 g/mol. The van der Waals surface area contributed by atoms with Crippen LogP contribution in [0.2, 0.25) is 0 Å².